The molecule has 0 radical (unpaired) electrons. The molecular weight excluding hydrogens is 321 g/mol. The normalized spacial score (nSPS) is 16.9. The van der Waals surface area contributed by atoms with E-state index in [9.17, 15) is 18.0 Å². The van der Waals surface area contributed by atoms with Gasteiger partial charge in [0.05, 0.1) is 11.5 Å². The number of rotatable bonds is 3. The van der Waals surface area contributed by atoms with E-state index in [0.717, 1.165) is 23.4 Å². The highest BCUT2D eigenvalue weighted by molar-refractivity contribution is 5.73. The molecule has 3 rings (SSSR count). The third-order valence-corrected chi connectivity index (χ3v) is 3.85. The molecule has 126 valence electrons. The standard InChI is InChI=1S/C18H15F3O3/c19-18(20,21)15-6-3-4-12(8-15)10-24-17(22)14-9-13-5-1-2-7-16(13)23-11-14/h1-8,14H,9-11H2. The van der Waals surface area contributed by atoms with E-state index in [0.29, 0.717) is 12.0 Å². The predicted molar refractivity (Wildman–Crippen MR) is 80.4 cm³/mol. The molecule has 0 aromatic heterocycles. The summed E-state index contributed by atoms with van der Waals surface area (Å²) in [4.78, 5) is 12.1. The third kappa shape index (κ3) is 3.69. The molecule has 1 unspecified atom stereocenters. The molecule has 0 aliphatic carbocycles. The maximum Gasteiger partial charge on any atom is 0.416 e. The van der Waals surface area contributed by atoms with Crippen molar-refractivity contribution in [1.82, 2.24) is 0 Å². The van der Waals surface area contributed by atoms with Crippen molar-refractivity contribution in [3.05, 3.63) is 65.2 Å². The largest absolute Gasteiger partial charge is 0.492 e. The number of ether oxygens (including phenoxy) is 2. The van der Waals surface area contributed by atoms with Crippen molar-refractivity contribution in [1.29, 1.82) is 0 Å². The van der Waals surface area contributed by atoms with Crippen molar-refractivity contribution < 1.29 is 27.4 Å². The highest BCUT2D eigenvalue weighted by Crippen LogP contribution is 2.30. The van der Waals surface area contributed by atoms with Gasteiger partial charge in [-0.2, -0.15) is 13.2 Å². The van der Waals surface area contributed by atoms with Gasteiger partial charge in [0, 0.05) is 0 Å². The number of carbonyl (C=O) groups is 1. The number of carbonyl (C=O) groups excluding carboxylic acids is 1. The quantitative estimate of drug-likeness (QED) is 0.795. The first-order chi connectivity index (χ1) is 11.4. The van der Waals surface area contributed by atoms with Crippen LogP contribution < -0.4 is 4.74 Å². The van der Waals surface area contributed by atoms with E-state index < -0.39 is 23.6 Å². The molecule has 6 heteroatoms. The summed E-state index contributed by atoms with van der Waals surface area (Å²) < 4.78 is 48.7. The zero-order chi connectivity index (χ0) is 17.2. The van der Waals surface area contributed by atoms with Crippen LogP contribution in [0.2, 0.25) is 0 Å². The number of para-hydroxylation sites is 1. The molecule has 3 nitrogen and oxygen atoms in total. The molecule has 2 aromatic carbocycles. The first-order valence-electron chi connectivity index (χ1n) is 7.47. The van der Waals surface area contributed by atoms with E-state index in [-0.39, 0.29) is 13.2 Å². The Morgan fingerprint density at radius 3 is 2.75 bits per heavy atom. The van der Waals surface area contributed by atoms with Crippen LogP contribution in [-0.4, -0.2) is 12.6 Å². The van der Waals surface area contributed by atoms with Crippen molar-refractivity contribution in [2.75, 3.05) is 6.61 Å². The van der Waals surface area contributed by atoms with Gasteiger partial charge < -0.3 is 9.47 Å². The molecule has 1 aliphatic heterocycles. The van der Waals surface area contributed by atoms with Gasteiger partial charge in [-0.15, -0.1) is 0 Å². The summed E-state index contributed by atoms with van der Waals surface area (Å²) in [6.45, 7) is 0.0132. The number of esters is 1. The highest BCUT2D eigenvalue weighted by Gasteiger charge is 2.31. The van der Waals surface area contributed by atoms with Crippen molar-refractivity contribution in [2.45, 2.75) is 19.2 Å². The van der Waals surface area contributed by atoms with Crippen LogP contribution in [0.15, 0.2) is 48.5 Å². The minimum absolute atomic E-state index is 0.194. The Balaban J connectivity index is 1.61. The Morgan fingerprint density at radius 1 is 1.17 bits per heavy atom. The van der Waals surface area contributed by atoms with Gasteiger partial charge in [0.15, 0.2) is 0 Å². The van der Waals surface area contributed by atoms with E-state index >= 15 is 0 Å². The lowest BCUT2D eigenvalue weighted by molar-refractivity contribution is -0.151. The minimum atomic E-state index is -4.42. The Kier molecular flexibility index (Phi) is 4.46. The van der Waals surface area contributed by atoms with Crippen LogP contribution >= 0.6 is 0 Å². The van der Waals surface area contributed by atoms with Crippen LogP contribution in [0, 0.1) is 5.92 Å². The summed E-state index contributed by atoms with van der Waals surface area (Å²) in [5.41, 5.74) is 0.464. The summed E-state index contributed by atoms with van der Waals surface area (Å²) in [6.07, 6.45) is -3.92. The predicted octanol–water partition coefficient (Wildman–Crippen LogP) is 4.00. The van der Waals surface area contributed by atoms with Crippen LogP contribution in [-0.2, 0) is 28.7 Å². The SMILES string of the molecule is O=C(OCc1cccc(C(F)(F)F)c1)C1COc2ccccc2C1. The van der Waals surface area contributed by atoms with Gasteiger partial charge in [-0.3, -0.25) is 4.79 Å². The number of hydrogen-bond donors (Lipinski definition) is 0. The number of benzene rings is 2. The molecule has 1 atom stereocenters. The van der Waals surface area contributed by atoms with E-state index in [1.165, 1.54) is 12.1 Å². The van der Waals surface area contributed by atoms with Gasteiger partial charge in [-0.05, 0) is 35.7 Å². The molecular formula is C18H15F3O3. The van der Waals surface area contributed by atoms with E-state index in [1.54, 1.807) is 0 Å². The summed E-state index contributed by atoms with van der Waals surface area (Å²) in [7, 11) is 0. The number of alkyl halides is 3. The van der Waals surface area contributed by atoms with Crippen LogP contribution in [0.4, 0.5) is 13.2 Å². The van der Waals surface area contributed by atoms with Crippen molar-refractivity contribution in [3.63, 3.8) is 0 Å². The van der Waals surface area contributed by atoms with Crippen molar-refractivity contribution in [2.24, 2.45) is 5.92 Å². The van der Waals surface area contributed by atoms with Gasteiger partial charge in [0.2, 0.25) is 0 Å². The molecule has 1 heterocycles. The first kappa shape index (κ1) is 16.4. The number of fused-ring (bicyclic) bond motifs is 1. The molecule has 24 heavy (non-hydrogen) atoms. The molecule has 0 amide bonds. The van der Waals surface area contributed by atoms with Crippen LogP contribution in [0.3, 0.4) is 0 Å². The Bertz CT molecular complexity index is 740. The molecule has 0 spiro atoms. The molecule has 0 fully saturated rings. The fraction of sp³-hybridized carbons (Fsp3) is 0.278. The lowest BCUT2D eigenvalue weighted by Crippen LogP contribution is -2.29. The smallest absolute Gasteiger partial charge is 0.416 e. The maximum atomic E-state index is 12.7. The van der Waals surface area contributed by atoms with Crippen molar-refractivity contribution in [3.8, 4) is 5.75 Å². The van der Waals surface area contributed by atoms with Crippen LogP contribution in [0.25, 0.3) is 0 Å². The molecule has 0 N–H and O–H groups in total. The lowest BCUT2D eigenvalue weighted by Gasteiger charge is -2.23. The average Bonchev–Trinajstić information content (AvgIpc) is 2.59. The fourth-order valence-corrected chi connectivity index (χ4v) is 2.59. The Hall–Kier alpha value is -2.50. The second-order valence-electron chi connectivity index (χ2n) is 5.63. The Morgan fingerprint density at radius 2 is 1.96 bits per heavy atom. The van der Waals surface area contributed by atoms with Gasteiger partial charge in [0.25, 0.3) is 0 Å². The van der Waals surface area contributed by atoms with Gasteiger partial charge in [-0.25, -0.2) is 0 Å². The topological polar surface area (TPSA) is 35.5 Å². The molecule has 0 saturated heterocycles. The molecule has 0 bridgehead atoms. The minimum Gasteiger partial charge on any atom is -0.492 e. The molecule has 0 saturated carbocycles. The fourth-order valence-electron chi connectivity index (χ4n) is 2.59. The second-order valence-corrected chi connectivity index (χ2v) is 5.63. The summed E-state index contributed by atoms with van der Waals surface area (Å²) in [6, 6.07) is 12.2. The van der Waals surface area contributed by atoms with Gasteiger partial charge in [0.1, 0.15) is 19.0 Å². The van der Waals surface area contributed by atoms with Gasteiger partial charge in [-0.1, -0.05) is 30.3 Å². The summed E-state index contributed by atoms with van der Waals surface area (Å²) >= 11 is 0. The van der Waals surface area contributed by atoms with E-state index in [1.807, 2.05) is 24.3 Å². The summed E-state index contributed by atoms with van der Waals surface area (Å²) in [5, 5.41) is 0. The number of halogens is 3. The van der Waals surface area contributed by atoms with Crippen LogP contribution in [0.1, 0.15) is 16.7 Å². The highest BCUT2D eigenvalue weighted by atomic mass is 19.4. The van der Waals surface area contributed by atoms with E-state index in [4.69, 9.17) is 9.47 Å². The maximum absolute atomic E-state index is 12.7. The average molecular weight is 336 g/mol. The molecule has 1 aliphatic rings. The molecule has 2 aromatic rings. The Labute approximate surface area is 137 Å². The second kappa shape index (κ2) is 6.55. The van der Waals surface area contributed by atoms with E-state index in [2.05, 4.69) is 0 Å². The third-order valence-electron chi connectivity index (χ3n) is 3.85. The lowest BCUT2D eigenvalue weighted by atomic mass is 9.97. The zero-order valence-electron chi connectivity index (χ0n) is 12.7. The first-order valence-corrected chi connectivity index (χ1v) is 7.47. The summed E-state index contributed by atoms with van der Waals surface area (Å²) in [5.74, 6) is -0.174. The zero-order valence-corrected chi connectivity index (χ0v) is 12.7. The monoisotopic (exact) mass is 336 g/mol. The van der Waals surface area contributed by atoms with Crippen molar-refractivity contribution >= 4 is 5.97 Å². The van der Waals surface area contributed by atoms with Gasteiger partial charge >= 0.3 is 12.1 Å². The van der Waals surface area contributed by atoms with Crippen LogP contribution in [0.5, 0.6) is 5.75 Å². The number of hydrogen-bond acceptors (Lipinski definition) is 3.